The van der Waals surface area contributed by atoms with Gasteiger partial charge in [0.2, 0.25) is 0 Å². The first-order chi connectivity index (χ1) is 15.8. The van der Waals surface area contributed by atoms with Crippen molar-refractivity contribution in [2.75, 3.05) is 6.61 Å². The molecule has 0 aliphatic carbocycles. The number of amides is 1. The third-order valence-electron chi connectivity index (χ3n) is 4.07. The molecule has 0 aromatic heterocycles. The molecule has 3 aromatic rings. The molecule has 0 unspecified atom stereocenters. The van der Waals surface area contributed by atoms with Crippen molar-refractivity contribution in [3.63, 3.8) is 0 Å². The van der Waals surface area contributed by atoms with Gasteiger partial charge in [-0.3, -0.25) is 14.9 Å². The SMILES string of the molecule is O=C(COc1ccccc1[N+](=O)[O-])N/N=C/c1cc(Br)ccc1OC(=O)c1ccc(Cl)cc1. The van der Waals surface area contributed by atoms with Crippen LogP contribution in [0.5, 0.6) is 11.5 Å². The third kappa shape index (κ3) is 6.86. The Balaban J connectivity index is 1.63. The van der Waals surface area contributed by atoms with Gasteiger partial charge in [-0.25, -0.2) is 10.2 Å². The number of para-hydroxylation sites is 2. The summed E-state index contributed by atoms with van der Waals surface area (Å²) in [6.07, 6.45) is 1.29. The summed E-state index contributed by atoms with van der Waals surface area (Å²) >= 11 is 9.16. The Hall–Kier alpha value is -3.76. The second-order valence-electron chi connectivity index (χ2n) is 6.39. The van der Waals surface area contributed by atoms with Crippen molar-refractivity contribution in [2.45, 2.75) is 0 Å². The van der Waals surface area contributed by atoms with E-state index in [1.807, 2.05) is 0 Å². The van der Waals surface area contributed by atoms with Crippen molar-refractivity contribution in [2.24, 2.45) is 5.10 Å². The van der Waals surface area contributed by atoms with Gasteiger partial charge >= 0.3 is 11.7 Å². The molecule has 11 heteroatoms. The van der Waals surface area contributed by atoms with Crippen LogP contribution >= 0.6 is 27.5 Å². The van der Waals surface area contributed by atoms with Gasteiger partial charge in [-0.15, -0.1) is 0 Å². The van der Waals surface area contributed by atoms with Crippen LogP contribution in [-0.2, 0) is 4.79 Å². The van der Waals surface area contributed by atoms with Crippen LogP contribution in [0.15, 0.2) is 76.3 Å². The van der Waals surface area contributed by atoms with E-state index in [1.165, 1.54) is 36.5 Å². The highest BCUT2D eigenvalue weighted by molar-refractivity contribution is 9.10. The molecular formula is C22H15BrClN3O6. The lowest BCUT2D eigenvalue weighted by molar-refractivity contribution is -0.385. The second kappa shape index (κ2) is 11.2. The first-order valence-electron chi connectivity index (χ1n) is 9.29. The third-order valence-corrected chi connectivity index (χ3v) is 4.81. The molecule has 0 saturated carbocycles. The molecule has 0 fully saturated rings. The van der Waals surface area contributed by atoms with E-state index in [0.29, 0.717) is 20.6 Å². The molecule has 0 heterocycles. The number of nitrogens with one attached hydrogen (secondary N) is 1. The molecule has 33 heavy (non-hydrogen) atoms. The number of hydrogen-bond acceptors (Lipinski definition) is 7. The zero-order chi connectivity index (χ0) is 23.8. The summed E-state index contributed by atoms with van der Waals surface area (Å²) in [6, 6.07) is 16.8. The largest absolute Gasteiger partial charge is 0.477 e. The minimum atomic E-state index is -0.640. The monoisotopic (exact) mass is 531 g/mol. The Labute approximate surface area is 201 Å². The van der Waals surface area contributed by atoms with Gasteiger partial charge in [-0.05, 0) is 48.5 Å². The Morgan fingerprint density at radius 1 is 1.09 bits per heavy atom. The fourth-order valence-electron chi connectivity index (χ4n) is 2.54. The molecule has 1 amide bonds. The van der Waals surface area contributed by atoms with E-state index in [0.717, 1.165) is 0 Å². The Morgan fingerprint density at radius 2 is 1.82 bits per heavy atom. The molecule has 1 N–H and O–H groups in total. The average molecular weight is 533 g/mol. The first-order valence-corrected chi connectivity index (χ1v) is 10.5. The number of nitro groups is 1. The molecular weight excluding hydrogens is 518 g/mol. The molecule has 0 atom stereocenters. The molecule has 0 bridgehead atoms. The minimum absolute atomic E-state index is 0.0370. The first kappa shape index (κ1) is 23.9. The Bertz CT molecular complexity index is 1220. The summed E-state index contributed by atoms with van der Waals surface area (Å²) in [6.45, 7) is -0.487. The maximum absolute atomic E-state index is 12.4. The van der Waals surface area contributed by atoms with Crippen LogP contribution in [-0.4, -0.2) is 29.6 Å². The molecule has 0 saturated heterocycles. The van der Waals surface area contributed by atoms with Gasteiger partial charge in [0.05, 0.1) is 16.7 Å². The van der Waals surface area contributed by atoms with Crippen LogP contribution in [0, 0.1) is 10.1 Å². The van der Waals surface area contributed by atoms with Crippen LogP contribution in [0.4, 0.5) is 5.69 Å². The number of halogens is 2. The molecule has 0 aliphatic heterocycles. The molecule has 168 valence electrons. The number of benzene rings is 3. The van der Waals surface area contributed by atoms with Gasteiger partial charge in [0.25, 0.3) is 5.91 Å². The van der Waals surface area contributed by atoms with Gasteiger partial charge in [0.15, 0.2) is 12.4 Å². The number of nitrogens with zero attached hydrogens (tertiary/aromatic N) is 2. The fourth-order valence-corrected chi connectivity index (χ4v) is 3.04. The number of ether oxygens (including phenoxy) is 2. The number of rotatable bonds is 8. The Morgan fingerprint density at radius 3 is 2.55 bits per heavy atom. The van der Waals surface area contributed by atoms with Crippen LogP contribution in [0.25, 0.3) is 0 Å². The van der Waals surface area contributed by atoms with Crippen LogP contribution in [0.1, 0.15) is 15.9 Å². The zero-order valence-corrected chi connectivity index (χ0v) is 19.1. The van der Waals surface area contributed by atoms with E-state index in [-0.39, 0.29) is 17.2 Å². The van der Waals surface area contributed by atoms with E-state index >= 15 is 0 Å². The van der Waals surface area contributed by atoms with Crippen molar-refractivity contribution >= 4 is 51.3 Å². The number of nitro benzene ring substituents is 1. The van der Waals surface area contributed by atoms with E-state index in [2.05, 4.69) is 26.5 Å². The van der Waals surface area contributed by atoms with Crippen LogP contribution in [0.3, 0.4) is 0 Å². The van der Waals surface area contributed by atoms with Crippen molar-refractivity contribution < 1.29 is 24.0 Å². The smallest absolute Gasteiger partial charge is 0.343 e. The number of hydrogen-bond donors (Lipinski definition) is 1. The highest BCUT2D eigenvalue weighted by atomic mass is 79.9. The lowest BCUT2D eigenvalue weighted by Gasteiger charge is -2.08. The number of carbonyl (C=O) groups excluding carboxylic acids is 2. The zero-order valence-electron chi connectivity index (χ0n) is 16.7. The second-order valence-corrected chi connectivity index (χ2v) is 7.74. The number of esters is 1. The van der Waals surface area contributed by atoms with Crippen LogP contribution < -0.4 is 14.9 Å². The number of carbonyl (C=O) groups is 2. The molecule has 3 rings (SSSR count). The highest BCUT2D eigenvalue weighted by Gasteiger charge is 2.15. The topological polar surface area (TPSA) is 120 Å². The van der Waals surface area contributed by atoms with Crippen molar-refractivity contribution in [3.05, 3.63) is 97.5 Å². The van der Waals surface area contributed by atoms with Crippen LogP contribution in [0.2, 0.25) is 5.02 Å². The molecule has 9 nitrogen and oxygen atoms in total. The number of hydrazone groups is 1. The summed E-state index contributed by atoms with van der Waals surface area (Å²) in [5, 5.41) is 15.3. The van der Waals surface area contributed by atoms with Crippen molar-refractivity contribution in [1.29, 1.82) is 0 Å². The van der Waals surface area contributed by atoms with Gasteiger partial charge < -0.3 is 9.47 Å². The summed E-state index contributed by atoms with van der Waals surface area (Å²) in [4.78, 5) is 34.8. The van der Waals surface area contributed by atoms with E-state index in [1.54, 1.807) is 36.4 Å². The predicted molar refractivity (Wildman–Crippen MR) is 125 cm³/mol. The van der Waals surface area contributed by atoms with Crippen molar-refractivity contribution in [3.8, 4) is 11.5 Å². The summed E-state index contributed by atoms with van der Waals surface area (Å²) in [5.74, 6) is -1.05. The van der Waals surface area contributed by atoms with E-state index in [9.17, 15) is 19.7 Å². The van der Waals surface area contributed by atoms with E-state index in [4.69, 9.17) is 21.1 Å². The van der Waals surface area contributed by atoms with E-state index < -0.39 is 23.4 Å². The van der Waals surface area contributed by atoms with Gasteiger partial charge in [-0.2, -0.15) is 5.10 Å². The fraction of sp³-hybridized carbons (Fsp3) is 0.0455. The van der Waals surface area contributed by atoms with Gasteiger partial charge in [0, 0.05) is 21.1 Å². The summed E-state index contributed by atoms with van der Waals surface area (Å²) in [5.41, 5.74) is 2.72. The normalized spacial score (nSPS) is 10.6. The lowest BCUT2D eigenvalue weighted by atomic mass is 10.2. The predicted octanol–water partition coefficient (Wildman–Crippen LogP) is 4.76. The molecule has 0 spiro atoms. The van der Waals surface area contributed by atoms with Gasteiger partial charge in [-0.1, -0.05) is 39.7 Å². The van der Waals surface area contributed by atoms with Gasteiger partial charge in [0.1, 0.15) is 5.75 Å². The standard InChI is InChI=1S/C22H15BrClN3O6/c23-16-7-10-19(33-22(29)14-5-8-17(24)9-6-14)15(11-16)12-25-26-21(28)13-32-20-4-2-1-3-18(20)27(30)31/h1-12H,13H2,(H,26,28)/b25-12+. The maximum Gasteiger partial charge on any atom is 0.343 e. The quantitative estimate of drug-likeness (QED) is 0.147. The summed E-state index contributed by atoms with van der Waals surface area (Å²) < 4.78 is 11.3. The lowest BCUT2D eigenvalue weighted by Crippen LogP contribution is -2.24. The highest BCUT2D eigenvalue weighted by Crippen LogP contribution is 2.26. The molecule has 0 aliphatic rings. The Kier molecular flexibility index (Phi) is 8.11. The summed E-state index contributed by atoms with van der Waals surface area (Å²) in [7, 11) is 0. The van der Waals surface area contributed by atoms with Crippen molar-refractivity contribution in [1.82, 2.24) is 5.43 Å². The molecule has 3 aromatic carbocycles. The maximum atomic E-state index is 12.4. The molecule has 0 radical (unpaired) electrons. The average Bonchev–Trinajstić information content (AvgIpc) is 2.80. The minimum Gasteiger partial charge on any atom is -0.477 e.